The van der Waals surface area contributed by atoms with Crippen molar-refractivity contribution in [1.82, 2.24) is 20.6 Å². The molecule has 0 atom stereocenters. The SMILES string of the molecule is CC(C)(C)c1ncc[nH]1.CNC(=O)C(C)(C)C.[2H]C([2H])(C)NC(=O)C(C)(C)C. The summed E-state index contributed by atoms with van der Waals surface area (Å²) in [5.41, 5.74) is -0.610. The lowest BCUT2D eigenvalue weighted by molar-refractivity contribution is -0.128. The van der Waals surface area contributed by atoms with Crippen molar-refractivity contribution in [2.24, 2.45) is 10.8 Å². The molecular weight excluding hydrogens is 328 g/mol. The molecule has 0 saturated heterocycles. The van der Waals surface area contributed by atoms with E-state index in [1.165, 1.54) is 6.92 Å². The largest absolute Gasteiger partial charge is 0.359 e. The molecule has 6 heteroatoms. The van der Waals surface area contributed by atoms with Gasteiger partial charge in [0.15, 0.2) is 0 Å². The highest BCUT2D eigenvalue weighted by atomic mass is 16.2. The van der Waals surface area contributed by atoms with Crippen LogP contribution < -0.4 is 10.6 Å². The van der Waals surface area contributed by atoms with Gasteiger partial charge in [-0.15, -0.1) is 0 Å². The molecule has 2 amide bonds. The molecule has 0 aromatic carbocycles. The van der Waals surface area contributed by atoms with Crippen LogP contribution in [0.2, 0.25) is 0 Å². The van der Waals surface area contributed by atoms with E-state index in [9.17, 15) is 9.59 Å². The minimum atomic E-state index is -1.62. The Morgan fingerprint density at radius 3 is 1.62 bits per heavy atom. The van der Waals surface area contributed by atoms with Crippen LogP contribution in [-0.2, 0) is 15.0 Å². The number of aromatic amines is 1. The van der Waals surface area contributed by atoms with Crippen molar-refractivity contribution < 1.29 is 12.3 Å². The third-order valence-electron chi connectivity index (χ3n) is 3.04. The first-order valence-corrected chi connectivity index (χ1v) is 8.76. The molecule has 0 fully saturated rings. The van der Waals surface area contributed by atoms with Gasteiger partial charge in [-0.3, -0.25) is 9.59 Å². The van der Waals surface area contributed by atoms with Crippen molar-refractivity contribution in [2.45, 2.75) is 74.7 Å². The Kier molecular flexibility index (Phi) is 9.38. The smallest absolute Gasteiger partial charge is 0.225 e. The number of nitrogens with one attached hydrogen (secondary N) is 3. The second kappa shape index (κ2) is 11.0. The van der Waals surface area contributed by atoms with Gasteiger partial charge >= 0.3 is 0 Å². The number of hydrogen-bond donors (Lipinski definition) is 3. The fraction of sp³-hybridized carbons (Fsp3) is 0.750. The van der Waals surface area contributed by atoms with Gasteiger partial charge < -0.3 is 15.6 Å². The van der Waals surface area contributed by atoms with Crippen LogP contribution in [0.25, 0.3) is 0 Å². The van der Waals surface area contributed by atoms with E-state index in [1.54, 1.807) is 34.0 Å². The Bertz CT molecular complexity index is 588. The van der Waals surface area contributed by atoms with E-state index in [0.29, 0.717) is 0 Å². The zero-order chi connectivity index (χ0) is 23.0. The Labute approximate surface area is 162 Å². The number of aromatic nitrogens is 2. The fourth-order valence-electron chi connectivity index (χ4n) is 1.35. The Morgan fingerprint density at radius 2 is 1.50 bits per heavy atom. The summed E-state index contributed by atoms with van der Waals surface area (Å²) < 4.78 is 14.2. The van der Waals surface area contributed by atoms with Crippen molar-refractivity contribution >= 4 is 11.8 Å². The topological polar surface area (TPSA) is 86.9 Å². The molecule has 6 nitrogen and oxygen atoms in total. The molecule has 0 aliphatic rings. The molecule has 0 aliphatic heterocycles. The van der Waals surface area contributed by atoms with E-state index in [2.05, 4.69) is 41.4 Å². The van der Waals surface area contributed by atoms with E-state index in [0.717, 1.165) is 5.82 Å². The third kappa shape index (κ3) is 12.5. The molecule has 1 aromatic heterocycles. The van der Waals surface area contributed by atoms with Crippen LogP contribution in [0.3, 0.4) is 0 Å². The Balaban J connectivity index is 0. The summed E-state index contributed by atoms with van der Waals surface area (Å²) in [6, 6.07) is 0. The van der Waals surface area contributed by atoms with Gasteiger partial charge in [-0.2, -0.15) is 0 Å². The summed E-state index contributed by atoms with van der Waals surface area (Å²) in [5, 5.41) is 4.82. The third-order valence-corrected chi connectivity index (χ3v) is 3.04. The molecule has 0 spiro atoms. The van der Waals surface area contributed by atoms with Gasteiger partial charge in [0.2, 0.25) is 11.8 Å². The second-order valence-electron chi connectivity index (χ2n) is 8.97. The van der Waals surface area contributed by atoms with Gasteiger partial charge in [0.25, 0.3) is 0 Å². The summed E-state index contributed by atoms with van der Waals surface area (Å²) in [6.07, 6.45) is 3.63. The van der Waals surface area contributed by atoms with Gasteiger partial charge in [0.05, 0.1) is 0 Å². The summed E-state index contributed by atoms with van der Waals surface area (Å²) >= 11 is 0. The molecule has 0 bridgehead atoms. The van der Waals surface area contributed by atoms with Gasteiger partial charge in [-0.1, -0.05) is 62.3 Å². The number of carbonyl (C=O) groups excluding carboxylic acids is 2. The van der Waals surface area contributed by atoms with Gasteiger partial charge in [0.1, 0.15) is 5.82 Å². The number of amides is 2. The molecule has 152 valence electrons. The summed E-state index contributed by atoms with van der Waals surface area (Å²) in [6.45, 7) is 17.0. The molecule has 26 heavy (non-hydrogen) atoms. The summed E-state index contributed by atoms with van der Waals surface area (Å²) in [7, 11) is 1.65. The first-order valence-electron chi connectivity index (χ1n) is 9.76. The van der Waals surface area contributed by atoms with Crippen LogP contribution in [0.15, 0.2) is 12.4 Å². The first kappa shape index (κ1) is 22.2. The van der Waals surface area contributed by atoms with Crippen molar-refractivity contribution in [3.05, 3.63) is 18.2 Å². The normalized spacial score (nSPS) is 13.0. The highest BCUT2D eigenvalue weighted by molar-refractivity contribution is 5.81. The molecular formula is C20H40N4O2. The molecule has 3 N–H and O–H groups in total. The molecule has 0 aliphatic carbocycles. The van der Waals surface area contributed by atoms with Crippen LogP contribution >= 0.6 is 0 Å². The Morgan fingerprint density at radius 1 is 1.04 bits per heavy atom. The summed E-state index contributed by atoms with van der Waals surface area (Å²) in [5.74, 6) is 0.852. The molecule has 1 rings (SSSR count). The fourth-order valence-corrected chi connectivity index (χ4v) is 1.35. The summed E-state index contributed by atoms with van der Waals surface area (Å²) in [4.78, 5) is 29.0. The molecule has 0 unspecified atom stereocenters. The lowest BCUT2D eigenvalue weighted by atomic mass is 9.96. The number of carbonyl (C=O) groups is 2. The lowest BCUT2D eigenvalue weighted by Crippen LogP contribution is -2.34. The molecule has 1 heterocycles. The van der Waals surface area contributed by atoms with Crippen LogP contribution in [0, 0.1) is 10.8 Å². The van der Waals surface area contributed by atoms with Gasteiger partial charge in [0, 0.05) is 44.9 Å². The average molecular weight is 371 g/mol. The lowest BCUT2D eigenvalue weighted by Gasteiger charge is -2.16. The Hall–Kier alpha value is -1.85. The zero-order valence-corrected chi connectivity index (χ0v) is 18.4. The van der Waals surface area contributed by atoms with E-state index in [4.69, 9.17) is 2.74 Å². The van der Waals surface area contributed by atoms with Gasteiger partial charge in [-0.25, -0.2) is 4.98 Å². The van der Waals surface area contributed by atoms with Crippen molar-refractivity contribution in [2.75, 3.05) is 13.5 Å². The van der Waals surface area contributed by atoms with E-state index in [-0.39, 0.29) is 22.6 Å². The van der Waals surface area contributed by atoms with Crippen molar-refractivity contribution in [1.29, 1.82) is 0 Å². The molecule has 0 radical (unpaired) electrons. The minimum Gasteiger partial charge on any atom is -0.359 e. The molecule has 1 aromatic rings. The zero-order valence-electron chi connectivity index (χ0n) is 20.4. The highest BCUT2D eigenvalue weighted by Gasteiger charge is 2.19. The quantitative estimate of drug-likeness (QED) is 0.705. The van der Waals surface area contributed by atoms with Crippen LogP contribution in [0.4, 0.5) is 0 Å². The minimum absolute atomic E-state index is 0.0810. The maximum atomic E-state index is 11.1. The number of imidazole rings is 1. The van der Waals surface area contributed by atoms with Crippen LogP contribution in [0.5, 0.6) is 0 Å². The maximum Gasteiger partial charge on any atom is 0.225 e. The van der Waals surface area contributed by atoms with Crippen molar-refractivity contribution in [3.63, 3.8) is 0 Å². The predicted octanol–water partition coefficient (Wildman–Crippen LogP) is 3.65. The number of nitrogens with zero attached hydrogens (tertiary/aromatic N) is 1. The van der Waals surface area contributed by atoms with Crippen LogP contribution in [0.1, 0.15) is 77.8 Å². The molecule has 0 saturated carbocycles. The predicted molar refractivity (Wildman–Crippen MR) is 109 cm³/mol. The monoisotopic (exact) mass is 370 g/mol. The van der Waals surface area contributed by atoms with E-state index >= 15 is 0 Å². The van der Waals surface area contributed by atoms with Crippen LogP contribution in [-0.4, -0.2) is 35.3 Å². The van der Waals surface area contributed by atoms with Crippen molar-refractivity contribution in [3.8, 4) is 0 Å². The highest BCUT2D eigenvalue weighted by Crippen LogP contribution is 2.16. The van der Waals surface area contributed by atoms with E-state index in [1.807, 2.05) is 27.0 Å². The number of H-pyrrole nitrogens is 1. The first-order chi connectivity index (χ1) is 12.2. The second-order valence-corrected chi connectivity index (χ2v) is 8.97. The number of rotatable bonds is 1. The maximum absolute atomic E-state index is 11.1. The van der Waals surface area contributed by atoms with Gasteiger partial charge in [-0.05, 0) is 6.92 Å². The standard InChI is InChI=1S/C7H12N2.C7H15NO.C6H13NO/c1-7(2,3)6-8-4-5-9-6;1-5-8-6(9)7(2,3)4;1-6(2,3)5(8)7-4/h4-5H,1-3H3,(H,8,9);5H2,1-4H3,(H,8,9);1-4H3,(H,7,8)/i;5D2;. The average Bonchev–Trinajstić information content (AvgIpc) is 2.98. The van der Waals surface area contributed by atoms with E-state index < -0.39 is 11.9 Å². The number of hydrogen-bond acceptors (Lipinski definition) is 3.